The molecule has 180 valence electrons. The third-order valence-electron chi connectivity index (χ3n) is 6.10. The molecule has 2 amide bonds. The number of ether oxygens (including phenoxy) is 1. The molecule has 10 heteroatoms. The number of aromatic nitrogens is 1. The van der Waals surface area contributed by atoms with Gasteiger partial charge in [0.2, 0.25) is 5.91 Å². The molecule has 1 aromatic heterocycles. The van der Waals surface area contributed by atoms with Crippen LogP contribution in [0.4, 0.5) is 0 Å². The number of hydrogen-bond donors (Lipinski definition) is 4. The number of primary amides is 1. The smallest absolute Gasteiger partial charge is 0.305 e. The lowest BCUT2D eigenvalue weighted by atomic mass is 9.80. The lowest BCUT2D eigenvalue weighted by Crippen LogP contribution is -2.36. The Hall–Kier alpha value is -3.21. The number of hydrogen-bond acceptors (Lipinski definition) is 7. The van der Waals surface area contributed by atoms with Gasteiger partial charge in [-0.25, -0.2) is 0 Å². The number of nitrogens with zero attached hydrogens (tertiary/aromatic N) is 1. The minimum Gasteiger partial charge on any atom is -0.484 e. The van der Waals surface area contributed by atoms with E-state index in [2.05, 4.69) is 15.2 Å². The fourth-order valence-corrected chi connectivity index (χ4v) is 5.25. The first-order valence-electron chi connectivity index (χ1n) is 11.1. The first-order chi connectivity index (χ1) is 16.3. The standard InChI is InChI=1S/C24H28N4O5S/c1-26-23(31)22(15-5-6-20-19(10-15)27-24(32)34-20)18(12-28-8-7-16(29)11-28)14-3-2-4-17(9-14)33-13-21(25)30/h2-6,9-10,16,18,22,29H,7-8,11-13H2,1H3,(H2,25,30)(H,26,31)(H,27,32)/t16-,18+,22?/m0/s1. The highest BCUT2D eigenvalue weighted by atomic mass is 32.1. The van der Waals surface area contributed by atoms with E-state index in [9.17, 15) is 19.5 Å². The second-order valence-corrected chi connectivity index (χ2v) is 9.51. The molecule has 1 aliphatic rings. The number of likely N-dealkylation sites (N-methyl/N-ethyl adjacent to an activating group) is 1. The summed E-state index contributed by atoms with van der Waals surface area (Å²) in [6.07, 6.45) is 0.290. The predicted molar refractivity (Wildman–Crippen MR) is 130 cm³/mol. The second kappa shape index (κ2) is 10.4. The number of carbonyl (C=O) groups excluding carboxylic acids is 2. The molecule has 0 saturated carbocycles. The van der Waals surface area contributed by atoms with Crippen molar-refractivity contribution in [1.82, 2.24) is 15.2 Å². The number of nitrogens with one attached hydrogen (secondary N) is 2. The second-order valence-electron chi connectivity index (χ2n) is 8.50. The maximum atomic E-state index is 13.3. The Morgan fingerprint density at radius 2 is 2.12 bits per heavy atom. The molecule has 2 aromatic carbocycles. The van der Waals surface area contributed by atoms with Crippen molar-refractivity contribution in [3.05, 3.63) is 63.3 Å². The van der Waals surface area contributed by atoms with Crippen LogP contribution in [0.1, 0.15) is 29.4 Å². The number of carbonyl (C=O) groups is 2. The SMILES string of the molecule is CNC(=O)C(c1ccc2sc(=O)[nH]c2c1)[C@H](CN1CC[C@H](O)C1)c1cccc(OCC(N)=O)c1. The van der Waals surface area contributed by atoms with Crippen LogP contribution in [0.5, 0.6) is 5.75 Å². The van der Waals surface area contributed by atoms with Crippen molar-refractivity contribution in [2.24, 2.45) is 5.73 Å². The van der Waals surface area contributed by atoms with E-state index in [4.69, 9.17) is 10.5 Å². The summed E-state index contributed by atoms with van der Waals surface area (Å²) in [6.45, 7) is 1.55. The number of aromatic amines is 1. The summed E-state index contributed by atoms with van der Waals surface area (Å²) < 4.78 is 6.34. The van der Waals surface area contributed by atoms with Crippen LogP contribution in [0.3, 0.4) is 0 Å². The minimum absolute atomic E-state index is 0.148. The van der Waals surface area contributed by atoms with E-state index in [1.807, 2.05) is 36.4 Å². The number of benzene rings is 2. The van der Waals surface area contributed by atoms with E-state index in [1.165, 1.54) is 0 Å². The molecule has 4 rings (SSSR count). The van der Waals surface area contributed by atoms with Crippen molar-refractivity contribution in [2.75, 3.05) is 33.3 Å². The molecule has 9 nitrogen and oxygen atoms in total. The van der Waals surface area contributed by atoms with Crippen LogP contribution in [-0.2, 0) is 9.59 Å². The fourth-order valence-electron chi connectivity index (χ4n) is 4.53. The molecule has 2 heterocycles. The summed E-state index contributed by atoms with van der Waals surface area (Å²) in [5, 5.41) is 12.9. The van der Waals surface area contributed by atoms with Gasteiger partial charge in [-0.05, 0) is 41.8 Å². The number of β-amino-alcohol motifs (C(OH)–C–C–N with tert-alkyl or cyclic N) is 1. The van der Waals surface area contributed by atoms with E-state index in [1.54, 1.807) is 13.1 Å². The predicted octanol–water partition coefficient (Wildman–Crippen LogP) is 1.13. The number of aliphatic hydroxyl groups is 1. The molecule has 34 heavy (non-hydrogen) atoms. The van der Waals surface area contributed by atoms with Crippen molar-refractivity contribution in [3.8, 4) is 5.75 Å². The number of nitrogens with two attached hydrogens (primary N) is 1. The van der Waals surface area contributed by atoms with Crippen LogP contribution >= 0.6 is 11.3 Å². The van der Waals surface area contributed by atoms with Crippen molar-refractivity contribution >= 4 is 33.4 Å². The Kier molecular flexibility index (Phi) is 7.30. The molecule has 0 aliphatic carbocycles. The van der Waals surface area contributed by atoms with Crippen LogP contribution in [0, 0.1) is 0 Å². The maximum absolute atomic E-state index is 13.3. The summed E-state index contributed by atoms with van der Waals surface area (Å²) in [4.78, 5) is 41.1. The quantitative estimate of drug-likeness (QED) is 0.359. The molecule has 0 spiro atoms. The van der Waals surface area contributed by atoms with E-state index in [0.717, 1.165) is 33.7 Å². The fraction of sp³-hybridized carbons (Fsp3) is 0.375. The molecule has 5 N–H and O–H groups in total. The van der Waals surface area contributed by atoms with Gasteiger partial charge >= 0.3 is 4.87 Å². The van der Waals surface area contributed by atoms with Gasteiger partial charge in [-0.2, -0.15) is 0 Å². The Balaban J connectivity index is 1.76. The van der Waals surface area contributed by atoms with E-state index >= 15 is 0 Å². The van der Waals surface area contributed by atoms with Gasteiger partial charge < -0.3 is 30.8 Å². The normalized spacial score (nSPS) is 18.0. The van der Waals surface area contributed by atoms with Gasteiger partial charge in [-0.1, -0.05) is 29.5 Å². The number of amides is 2. The summed E-state index contributed by atoms with van der Waals surface area (Å²) in [5.74, 6) is -1.11. The van der Waals surface area contributed by atoms with E-state index in [-0.39, 0.29) is 23.3 Å². The van der Waals surface area contributed by atoms with E-state index in [0.29, 0.717) is 30.8 Å². The number of aliphatic hydroxyl groups excluding tert-OH is 1. The van der Waals surface area contributed by atoms with Crippen LogP contribution in [-0.4, -0.2) is 66.2 Å². The van der Waals surface area contributed by atoms with Gasteiger partial charge in [0.05, 0.1) is 22.2 Å². The number of fused-ring (bicyclic) bond motifs is 1. The van der Waals surface area contributed by atoms with Crippen molar-refractivity contribution in [1.29, 1.82) is 0 Å². The molecule has 1 saturated heterocycles. The molecule has 1 aliphatic heterocycles. The Morgan fingerprint density at radius 3 is 2.82 bits per heavy atom. The summed E-state index contributed by atoms with van der Waals surface area (Å²) in [7, 11) is 1.60. The van der Waals surface area contributed by atoms with E-state index < -0.39 is 17.9 Å². The lowest BCUT2D eigenvalue weighted by Gasteiger charge is -2.31. The van der Waals surface area contributed by atoms with Gasteiger partial charge in [0.1, 0.15) is 5.75 Å². The van der Waals surface area contributed by atoms with Gasteiger partial charge in [-0.3, -0.25) is 14.4 Å². The van der Waals surface area contributed by atoms with Crippen molar-refractivity contribution < 1.29 is 19.4 Å². The summed E-state index contributed by atoms with van der Waals surface area (Å²) in [5.41, 5.74) is 7.54. The minimum atomic E-state index is -0.575. The zero-order valence-corrected chi connectivity index (χ0v) is 19.6. The van der Waals surface area contributed by atoms with Gasteiger partial charge in [0, 0.05) is 32.6 Å². The van der Waals surface area contributed by atoms with Crippen LogP contribution in [0.15, 0.2) is 47.3 Å². The third kappa shape index (κ3) is 5.46. The first kappa shape index (κ1) is 23.9. The van der Waals surface area contributed by atoms with Crippen molar-refractivity contribution in [3.63, 3.8) is 0 Å². The Bertz CT molecular complexity index is 1240. The molecule has 0 bridgehead atoms. The highest BCUT2D eigenvalue weighted by Crippen LogP contribution is 2.37. The number of thiazole rings is 1. The van der Waals surface area contributed by atoms with Gasteiger partial charge in [0.15, 0.2) is 6.61 Å². The van der Waals surface area contributed by atoms with Gasteiger partial charge in [0.25, 0.3) is 5.91 Å². The number of rotatable bonds is 9. The third-order valence-corrected chi connectivity index (χ3v) is 6.97. The largest absolute Gasteiger partial charge is 0.484 e. The highest BCUT2D eigenvalue weighted by Gasteiger charge is 2.34. The average molecular weight is 485 g/mol. The monoisotopic (exact) mass is 484 g/mol. The average Bonchev–Trinajstić information content (AvgIpc) is 3.40. The molecule has 3 aromatic rings. The van der Waals surface area contributed by atoms with Crippen LogP contribution in [0.25, 0.3) is 10.2 Å². The first-order valence-corrected chi connectivity index (χ1v) is 11.9. The lowest BCUT2D eigenvalue weighted by molar-refractivity contribution is -0.122. The Labute approximate surface area is 200 Å². The molecule has 0 radical (unpaired) electrons. The zero-order valence-electron chi connectivity index (χ0n) is 18.8. The maximum Gasteiger partial charge on any atom is 0.305 e. The molecular formula is C24H28N4O5S. The van der Waals surface area contributed by atoms with Crippen LogP contribution < -0.4 is 20.7 Å². The zero-order chi connectivity index (χ0) is 24.2. The summed E-state index contributed by atoms with van der Waals surface area (Å²) in [6, 6.07) is 12.9. The summed E-state index contributed by atoms with van der Waals surface area (Å²) >= 11 is 1.13. The number of likely N-dealkylation sites (tertiary alicyclic amines) is 1. The topological polar surface area (TPSA) is 138 Å². The highest BCUT2D eigenvalue weighted by molar-refractivity contribution is 7.16. The molecule has 1 unspecified atom stereocenters. The number of H-pyrrole nitrogens is 1. The molecular weight excluding hydrogens is 456 g/mol. The molecule has 3 atom stereocenters. The molecule has 1 fully saturated rings. The van der Waals surface area contributed by atoms with Crippen molar-refractivity contribution in [2.45, 2.75) is 24.4 Å². The van der Waals surface area contributed by atoms with Gasteiger partial charge in [-0.15, -0.1) is 0 Å². The van der Waals surface area contributed by atoms with Crippen LogP contribution in [0.2, 0.25) is 0 Å². The Morgan fingerprint density at radius 1 is 1.29 bits per heavy atom.